The first-order chi connectivity index (χ1) is 8.03. The van der Waals surface area contributed by atoms with Crippen LogP contribution in [0.1, 0.15) is 30.8 Å². The monoisotopic (exact) mass is 237 g/mol. The third kappa shape index (κ3) is 2.90. The van der Waals surface area contributed by atoms with Gasteiger partial charge in [0.15, 0.2) is 5.84 Å². The molecular formula is C10H15N5O2. The Kier molecular flexibility index (Phi) is 3.97. The Morgan fingerprint density at radius 2 is 2.35 bits per heavy atom. The minimum atomic E-state index is -0.913. The van der Waals surface area contributed by atoms with Gasteiger partial charge in [-0.3, -0.25) is 9.78 Å². The summed E-state index contributed by atoms with van der Waals surface area (Å²) in [7, 11) is 0. The van der Waals surface area contributed by atoms with Gasteiger partial charge < -0.3 is 16.3 Å². The van der Waals surface area contributed by atoms with Crippen molar-refractivity contribution in [2.75, 3.05) is 0 Å². The number of carbonyl (C=O) groups is 1. The van der Waals surface area contributed by atoms with Crippen LogP contribution in [0.2, 0.25) is 0 Å². The average Bonchev–Trinajstić information content (AvgIpc) is 2.38. The first-order valence-electron chi connectivity index (χ1n) is 5.10. The smallest absolute Gasteiger partial charge is 0.272 e. The normalized spacial score (nSPS) is 15.1. The van der Waals surface area contributed by atoms with Crippen LogP contribution >= 0.6 is 0 Å². The van der Waals surface area contributed by atoms with Crippen molar-refractivity contribution in [1.82, 2.24) is 15.3 Å². The summed E-state index contributed by atoms with van der Waals surface area (Å²) in [5.74, 6) is -0.480. The van der Waals surface area contributed by atoms with Crippen LogP contribution in [-0.2, 0) is 0 Å². The Balaban J connectivity index is 2.87. The van der Waals surface area contributed by atoms with E-state index in [-0.39, 0.29) is 11.5 Å². The molecule has 0 bridgehead atoms. The number of oxime groups is 1. The largest absolute Gasteiger partial charge is 0.409 e. The van der Waals surface area contributed by atoms with Crippen molar-refractivity contribution in [2.24, 2.45) is 10.9 Å². The number of amidine groups is 1. The fourth-order valence-corrected chi connectivity index (χ4v) is 1.17. The van der Waals surface area contributed by atoms with E-state index in [1.54, 1.807) is 6.92 Å². The molecule has 0 aliphatic rings. The molecule has 0 fully saturated rings. The van der Waals surface area contributed by atoms with Crippen molar-refractivity contribution < 1.29 is 10.0 Å². The lowest BCUT2D eigenvalue weighted by Gasteiger charge is -2.27. The maximum Gasteiger partial charge on any atom is 0.272 e. The van der Waals surface area contributed by atoms with Gasteiger partial charge in [0.05, 0.1) is 11.7 Å². The predicted molar refractivity (Wildman–Crippen MR) is 61.6 cm³/mol. The zero-order valence-corrected chi connectivity index (χ0v) is 9.71. The molecule has 0 saturated carbocycles. The van der Waals surface area contributed by atoms with Gasteiger partial charge in [0.1, 0.15) is 5.69 Å². The molecule has 1 rings (SSSR count). The summed E-state index contributed by atoms with van der Waals surface area (Å²) in [6.45, 7) is 3.48. The fraction of sp³-hybridized carbons (Fsp3) is 0.400. The lowest BCUT2D eigenvalue weighted by molar-refractivity contribution is 0.0919. The lowest BCUT2D eigenvalue weighted by atomic mass is 9.97. The SMILES string of the molecule is CCC(C)(NC(=O)c1cnccn1)C(N)=NO. The van der Waals surface area contributed by atoms with Gasteiger partial charge in [-0.05, 0) is 13.3 Å². The van der Waals surface area contributed by atoms with E-state index < -0.39 is 11.4 Å². The van der Waals surface area contributed by atoms with E-state index in [9.17, 15) is 4.79 Å². The molecule has 1 heterocycles. The zero-order valence-electron chi connectivity index (χ0n) is 9.71. The third-order valence-corrected chi connectivity index (χ3v) is 2.57. The first kappa shape index (κ1) is 12.9. The van der Waals surface area contributed by atoms with Gasteiger partial charge in [-0.1, -0.05) is 12.1 Å². The van der Waals surface area contributed by atoms with Crippen LogP contribution < -0.4 is 11.1 Å². The molecule has 7 nitrogen and oxygen atoms in total. The van der Waals surface area contributed by atoms with Crippen molar-refractivity contribution in [3.05, 3.63) is 24.3 Å². The highest BCUT2D eigenvalue weighted by molar-refractivity contribution is 5.98. The van der Waals surface area contributed by atoms with E-state index in [0.717, 1.165) is 0 Å². The molecule has 1 amide bonds. The van der Waals surface area contributed by atoms with Crippen molar-refractivity contribution in [2.45, 2.75) is 25.8 Å². The van der Waals surface area contributed by atoms with E-state index in [1.165, 1.54) is 18.6 Å². The minimum Gasteiger partial charge on any atom is -0.409 e. The van der Waals surface area contributed by atoms with Crippen molar-refractivity contribution in [3.8, 4) is 0 Å². The van der Waals surface area contributed by atoms with Crippen LogP contribution in [-0.4, -0.2) is 32.5 Å². The molecule has 0 aliphatic heterocycles. The maximum absolute atomic E-state index is 11.8. The Morgan fingerprint density at radius 3 is 2.82 bits per heavy atom. The summed E-state index contributed by atoms with van der Waals surface area (Å²) in [5, 5.41) is 14.2. The van der Waals surface area contributed by atoms with Crippen molar-refractivity contribution >= 4 is 11.7 Å². The van der Waals surface area contributed by atoms with Gasteiger partial charge in [-0.2, -0.15) is 0 Å². The average molecular weight is 237 g/mol. The summed E-state index contributed by atoms with van der Waals surface area (Å²) < 4.78 is 0. The number of hydrogen-bond acceptors (Lipinski definition) is 5. The second-order valence-electron chi connectivity index (χ2n) is 3.72. The number of nitrogens with two attached hydrogens (primary N) is 1. The molecule has 0 saturated heterocycles. The van der Waals surface area contributed by atoms with Gasteiger partial charge in [0.2, 0.25) is 0 Å². The second kappa shape index (κ2) is 5.24. The van der Waals surface area contributed by atoms with E-state index in [4.69, 9.17) is 10.9 Å². The van der Waals surface area contributed by atoms with Gasteiger partial charge in [0.25, 0.3) is 5.91 Å². The van der Waals surface area contributed by atoms with Gasteiger partial charge >= 0.3 is 0 Å². The molecule has 1 aromatic rings. The Bertz CT molecular complexity index is 420. The molecule has 7 heteroatoms. The van der Waals surface area contributed by atoms with Crippen molar-refractivity contribution in [3.63, 3.8) is 0 Å². The number of nitrogens with one attached hydrogen (secondary N) is 1. The number of rotatable bonds is 4. The summed E-state index contributed by atoms with van der Waals surface area (Å²) in [4.78, 5) is 19.5. The standard InChI is InChI=1S/C10H15N5O2/c1-3-10(2,9(11)15-17)14-8(16)7-6-12-4-5-13-7/h4-6,17H,3H2,1-2H3,(H2,11,15)(H,14,16). The van der Waals surface area contributed by atoms with Gasteiger partial charge in [-0.25, -0.2) is 4.98 Å². The van der Waals surface area contributed by atoms with Crippen LogP contribution in [0.25, 0.3) is 0 Å². The van der Waals surface area contributed by atoms with E-state index in [2.05, 4.69) is 20.4 Å². The Hall–Kier alpha value is -2.18. The molecule has 1 unspecified atom stereocenters. The molecular weight excluding hydrogens is 222 g/mol. The summed E-state index contributed by atoms with van der Waals surface area (Å²) in [6, 6.07) is 0. The number of amides is 1. The molecule has 0 radical (unpaired) electrons. The molecule has 0 aromatic carbocycles. The molecule has 1 aromatic heterocycles. The van der Waals surface area contributed by atoms with Gasteiger partial charge in [-0.15, -0.1) is 0 Å². The number of carbonyl (C=O) groups excluding carboxylic acids is 1. The fourth-order valence-electron chi connectivity index (χ4n) is 1.17. The summed E-state index contributed by atoms with van der Waals surface area (Å²) in [6.07, 6.45) is 4.72. The summed E-state index contributed by atoms with van der Waals surface area (Å²) in [5.41, 5.74) is 4.80. The first-order valence-corrected chi connectivity index (χ1v) is 5.10. The van der Waals surface area contributed by atoms with Crippen LogP contribution in [0.4, 0.5) is 0 Å². The number of nitrogens with zero attached hydrogens (tertiary/aromatic N) is 3. The molecule has 1 atom stereocenters. The minimum absolute atomic E-state index is 0.0581. The van der Waals surface area contributed by atoms with E-state index in [1.807, 2.05) is 6.92 Å². The highest BCUT2D eigenvalue weighted by Gasteiger charge is 2.30. The number of aromatic nitrogens is 2. The predicted octanol–water partition coefficient (Wildman–Crippen LogP) is 0.122. The third-order valence-electron chi connectivity index (χ3n) is 2.57. The van der Waals surface area contributed by atoms with E-state index >= 15 is 0 Å². The topological polar surface area (TPSA) is 113 Å². The molecule has 0 aliphatic carbocycles. The number of hydrogen-bond donors (Lipinski definition) is 3. The molecule has 4 N–H and O–H groups in total. The van der Waals surface area contributed by atoms with E-state index in [0.29, 0.717) is 6.42 Å². The van der Waals surface area contributed by atoms with Gasteiger partial charge in [0, 0.05) is 12.4 Å². The quantitative estimate of drug-likeness (QED) is 0.298. The Labute approximate surface area is 98.8 Å². The molecule has 92 valence electrons. The van der Waals surface area contributed by atoms with Crippen LogP contribution in [0.3, 0.4) is 0 Å². The Morgan fingerprint density at radius 1 is 1.65 bits per heavy atom. The highest BCUT2D eigenvalue weighted by atomic mass is 16.4. The van der Waals surface area contributed by atoms with Crippen molar-refractivity contribution in [1.29, 1.82) is 0 Å². The van der Waals surface area contributed by atoms with Crippen LogP contribution in [0.15, 0.2) is 23.7 Å². The maximum atomic E-state index is 11.8. The summed E-state index contributed by atoms with van der Waals surface area (Å²) >= 11 is 0. The lowest BCUT2D eigenvalue weighted by Crippen LogP contribution is -2.55. The second-order valence-corrected chi connectivity index (χ2v) is 3.72. The molecule has 17 heavy (non-hydrogen) atoms. The highest BCUT2D eigenvalue weighted by Crippen LogP contribution is 2.10. The van der Waals surface area contributed by atoms with Crippen LogP contribution in [0, 0.1) is 0 Å². The molecule has 0 spiro atoms. The zero-order chi connectivity index (χ0) is 12.9. The van der Waals surface area contributed by atoms with Crippen LogP contribution in [0.5, 0.6) is 0 Å².